The Morgan fingerprint density at radius 3 is 2.30 bits per heavy atom. The van der Waals surface area contributed by atoms with Gasteiger partial charge in [-0.2, -0.15) is 0 Å². The molecule has 0 saturated carbocycles. The summed E-state index contributed by atoms with van der Waals surface area (Å²) in [6.07, 6.45) is 0. The maximum atomic E-state index is 5.63. The van der Waals surface area contributed by atoms with Gasteiger partial charge in [0.05, 0.1) is 11.6 Å². The van der Waals surface area contributed by atoms with Crippen molar-refractivity contribution in [3.05, 3.63) is 24.3 Å². The number of rotatable bonds is 4. The van der Waals surface area contributed by atoms with Crippen LogP contribution in [-0.4, -0.2) is 48.8 Å². The Labute approximate surface area is 126 Å². The van der Waals surface area contributed by atoms with Crippen LogP contribution >= 0.6 is 11.6 Å². The molecule has 1 aromatic carbocycles. The molecule has 0 radical (unpaired) electrons. The first-order valence-electron chi connectivity index (χ1n) is 7.08. The third kappa shape index (κ3) is 3.87. The fourth-order valence-electron chi connectivity index (χ4n) is 2.43. The second kappa shape index (κ2) is 6.95. The molecule has 0 spiro atoms. The summed E-state index contributed by atoms with van der Waals surface area (Å²) in [5.74, 6) is 0.712. The Morgan fingerprint density at radius 1 is 1.20 bits per heavy atom. The molecule has 0 bridgehead atoms. The molecular formula is C15H23ClN4. The van der Waals surface area contributed by atoms with E-state index in [1.165, 1.54) is 5.69 Å². The van der Waals surface area contributed by atoms with Gasteiger partial charge in [-0.05, 0) is 38.1 Å². The Kier molecular flexibility index (Phi) is 5.26. The lowest BCUT2D eigenvalue weighted by molar-refractivity contribution is 0.209. The summed E-state index contributed by atoms with van der Waals surface area (Å²) in [6, 6.07) is 8.82. The molecule has 1 saturated heterocycles. The topological polar surface area (TPSA) is 44.9 Å². The first kappa shape index (κ1) is 15.1. The number of piperazine rings is 1. The van der Waals surface area contributed by atoms with Gasteiger partial charge in [0.2, 0.25) is 0 Å². The summed E-state index contributed by atoms with van der Waals surface area (Å²) in [6.45, 7) is 8.90. The molecule has 2 N–H and O–H groups in total. The number of nitrogens with two attached hydrogens (primary N) is 1. The molecule has 5 heteroatoms. The lowest BCUT2D eigenvalue weighted by atomic mass is 10.2. The summed E-state index contributed by atoms with van der Waals surface area (Å²) >= 11 is 5.63. The molecule has 0 aliphatic carbocycles. The number of hydrogen-bond acceptors (Lipinski definition) is 3. The molecule has 0 aromatic heterocycles. The smallest absolute Gasteiger partial charge is 0.115 e. The average molecular weight is 295 g/mol. The fraction of sp³-hybridized carbons (Fsp3) is 0.533. The van der Waals surface area contributed by atoms with Gasteiger partial charge in [0.1, 0.15) is 5.84 Å². The molecule has 4 nitrogen and oxygen atoms in total. The van der Waals surface area contributed by atoms with E-state index in [1.54, 1.807) is 0 Å². The zero-order valence-electron chi connectivity index (χ0n) is 12.2. The number of aliphatic imine (C=N–C) groups is 1. The Balaban J connectivity index is 1.98. The van der Waals surface area contributed by atoms with Crippen LogP contribution in [0.5, 0.6) is 0 Å². The van der Waals surface area contributed by atoms with Gasteiger partial charge in [0, 0.05) is 37.9 Å². The number of halogens is 1. The minimum Gasteiger partial charge on any atom is -0.386 e. The van der Waals surface area contributed by atoms with Crippen LogP contribution < -0.4 is 10.6 Å². The Hall–Kier alpha value is -1.26. The van der Waals surface area contributed by atoms with Gasteiger partial charge >= 0.3 is 0 Å². The molecule has 1 aromatic rings. The van der Waals surface area contributed by atoms with E-state index in [0.717, 1.165) is 31.9 Å². The minimum absolute atomic E-state index is 0.263. The van der Waals surface area contributed by atoms with Crippen molar-refractivity contribution in [2.24, 2.45) is 10.7 Å². The van der Waals surface area contributed by atoms with Gasteiger partial charge in [0.15, 0.2) is 0 Å². The van der Waals surface area contributed by atoms with Crippen molar-refractivity contribution in [3.63, 3.8) is 0 Å². The molecule has 1 aliphatic heterocycles. The summed E-state index contributed by atoms with van der Waals surface area (Å²) in [7, 11) is 0. The van der Waals surface area contributed by atoms with Crippen LogP contribution in [0.2, 0.25) is 0 Å². The van der Waals surface area contributed by atoms with E-state index in [1.807, 2.05) is 12.1 Å². The molecule has 110 valence electrons. The van der Waals surface area contributed by atoms with Crippen LogP contribution in [0.3, 0.4) is 0 Å². The van der Waals surface area contributed by atoms with Crippen molar-refractivity contribution in [2.45, 2.75) is 19.9 Å². The molecule has 2 rings (SSSR count). The number of nitrogens with zero attached hydrogens (tertiary/aromatic N) is 3. The molecule has 1 heterocycles. The third-order valence-electron chi connectivity index (χ3n) is 3.67. The van der Waals surface area contributed by atoms with Crippen molar-refractivity contribution < 1.29 is 0 Å². The quantitative estimate of drug-likeness (QED) is 0.527. The summed E-state index contributed by atoms with van der Waals surface area (Å²) in [5.41, 5.74) is 7.73. The predicted octanol–water partition coefficient (Wildman–Crippen LogP) is 2.44. The normalized spacial score (nSPS) is 17.8. The van der Waals surface area contributed by atoms with E-state index in [4.69, 9.17) is 17.3 Å². The average Bonchev–Trinajstić information content (AvgIpc) is 2.48. The van der Waals surface area contributed by atoms with Crippen LogP contribution in [0.15, 0.2) is 29.3 Å². The van der Waals surface area contributed by atoms with E-state index < -0.39 is 0 Å². The molecule has 0 atom stereocenters. The highest BCUT2D eigenvalue weighted by molar-refractivity contribution is 6.28. The molecule has 1 fully saturated rings. The van der Waals surface area contributed by atoms with Gasteiger partial charge in [-0.1, -0.05) is 0 Å². The first-order chi connectivity index (χ1) is 9.60. The lowest BCUT2D eigenvalue weighted by Crippen LogP contribution is -2.48. The molecule has 0 unspecified atom stereocenters. The Bertz CT molecular complexity index is 447. The van der Waals surface area contributed by atoms with Gasteiger partial charge in [-0.25, -0.2) is 4.99 Å². The zero-order chi connectivity index (χ0) is 14.5. The van der Waals surface area contributed by atoms with Crippen LogP contribution in [0.25, 0.3) is 0 Å². The van der Waals surface area contributed by atoms with Gasteiger partial charge in [-0.3, -0.25) is 4.90 Å². The first-order valence-corrected chi connectivity index (χ1v) is 7.61. The highest BCUT2D eigenvalue weighted by Crippen LogP contribution is 2.21. The zero-order valence-corrected chi connectivity index (χ0v) is 13.0. The van der Waals surface area contributed by atoms with Gasteiger partial charge in [-0.15, -0.1) is 11.6 Å². The number of benzene rings is 1. The molecule has 0 amide bonds. The summed E-state index contributed by atoms with van der Waals surface area (Å²) in [4.78, 5) is 9.16. The van der Waals surface area contributed by atoms with E-state index in [9.17, 15) is 0 Å². The number of hydrogen-bond donors (Lipinski definition) is 1. The maximum Gasteiger partial charge on any atom is 0.115 e. The standard InChI is InChI=1S/C15H23ClN4/c1-12(2)19-7-9-20(10-8-19)14-5-3-13(4-6-14)18-15(17)11-16/h3-6,12H,7-11H2,1-2H3,(H2,17,18). The molecule has 1 aliphatic rings. The minimum atomic E-state index is 0.263. The van der Waals surface area contributed by atoms with Gasteiger partial charge < -0.3 is 10.6 Å². The van der Waals surface area contributed by atoms with Crippen molar-refractivity contribution in [1.29, 1.82) is 0 Å². The highest BCUT2D eigenvalue weighted by atomic mass is 35.5. The van der Waals surface area contributed by atoms with Crippen molar-refractivity contribution in [3.8, 4) is 0 Å². The molecule has 20 heavy (non-hydrogen) atoms. The van der Waals surface area contributed by atoms with Crippen molar-refractivity contribution >= 4 is 28.8 Å². The van der Waals surface area contributed by atoms with Crippen LogP contribution in [-0.2, 0) is 0 Å². The number of anilines is 1. The van der Waals surface area contributed by atoms with Gasteiger partial charge in [0.25, 0.3) is 0 Å². The van der Waals surface area contributed by atoms with E-state index in [-0.39, 0.29) is 5.88 Å². The summed E-state index contributed by atoms with van der Waals surface area (Å²) < 4.78 is 0. The van der Waals surface area contributed by atoms with Crippen LogP contribution in [0.4, 0.5) is 11.4 Å². The second-order valence-electron chi connectivity index (χ2n) is 5.37. The maximum absolute atomic E-state index is 5.63. The Morgan fingerprint density at radius 2 is 1.80 bits per heavy atom. The SMILES string of the molecule is CC(C)N1CCN(c2ccc(N=C(N)CCl)cc2)CC1. The highest BCUT2D eigenvalue weighted by Gasteiger charge is 2.18. The third-order valence-corrected chi connectivity index (χ3v) is 3.94. The summed E-state index contributed by atoms with van der Waals surface area (Å²) in [5, 5.41) is 0. The largest absolute Gasteiger partial charge is 0.386 e. The lowest BCUT2D eigenvalue weighted by Gasteiger charge is -2.38. The van der Waals surface area contributed by atoms with Crippen LogP contribution in [0.1, 0.15) is 13.8 Å². The van der Waals surface area contributed by atoms with E-state index in [0.29, 0.717) is 11.9 Å². The van der Waals surface area contributed by atoms with Crippen LogP contribution in [0, 0.1) is 0 Å². The molecular weight excluding hydrogens is 272 g/mol. The number of alkyl halides is 1. The monoisotopic (exact) mass is 294 g/mol. The number of amidine groups is 1. The van der Waals surface area contributed by atoms with Crippen molar-refractivity contribution in [1.82, 2.24) is 4.90 Å². The predicted molar refractivity (Wildman–Crippen MR) is 87.4 cm³/mol. The fourth-order valence-corrected chi connectivity index (χ4v) is 2.49. The van der Waals surface area contributed by atoms with Crippen molar-refractivity contribution in [2.75, 3.05) is 37.0 Å². The van der Waals surface area contributed by atoms with E-state index in [2.05, 4.69) is 40.8 Å². The second-order valence-corrected chi connectivity index (χ2v) is 5.64. The van der Waals surface area contributed by atoms with E-state index >= 15 is 0 Å².